The van der Waals surface area contributed by atoms with Gasteiger partial charge in [-0.25, -0.2) is 0 Å². The number of anilines is 1. The van der Waals surface area contributed by atoms with Crippen LogP contribution in [0.25, 0.3) is 0 Å². The van der Waals surface area contributed by atoms with Crippen LogP contribution in [0, 0.1) is 0 Å². The van der Waals surface area contributed by atoms with Gasteiger partial charge in [0.25, 0.3) is 0 Å². The molecule has 0 saturated heterocycles. The van der Waals surface area contributed by atoms with Crippen molar-refractivity contribution < 1.29 is 0 Å². The zero-order valence-corrected chi connectivity index (χ0v) is 9.01. The van der Waals surface area contributed by atoms with Crippen LogP contribution in [-0.4, -0.2) is 11.0 Å². The van der Waals surface area contributed by atoms with Crippen LogP contribution in [0.2, 0.25) is 0 Å². The maximum absolute atomic E-state index is 4.01. The zero-order chi connectivity index (χ0) is 10.8. The number of rotatable bonds is 3. The summed E-state index contributed by atoms with van der Waals surface area (Å²) in [6.07, 6.45) is 4.87. The van der Waals surface area contributed by atoms with Crippen molar-refractivity contribution in [2.24, 2.45) is 0 Å². The summed E-state index contributed by atoms with van der Waals surface area (Å²) in [4.78, 5) is 4.01. The molecule has 2 atom stereocenters. The van der Waals surface area contributed by atoms with E-state index in [0.29, 0.717) is 12.0 Å². The predicted octanol–water partition coefficient (Wildman–Crippen LogP) is 3.05. The Balaban J connectivity index is 1.65. The van der Waals surface area contributed by atoms with Crippen LogP contribution in [-0.2, 0) is 0 Å². The molecule has 0 radical (unpaired) electrons. The molecule has 1 aliphatic carbocycles. The third-order valence-electron chi connectivity index (χ3n) is 3.05. The lowest BCUT2D eigenvalue weighted by Crippen LogP contribution is -2.03. The van der Waals surface area contributed by atoms with Crippen LogP contribution in [0.15, 0.2) is 54.9 Å². The lowest BCUT2D eigenvalue weighted by Gasteiger charge is -2.05. The predicted molar refractivity (Wildman–Crippen MR) is 65.4 cm³/mol. The quantitative estimate of drug-likeness (QED) is 0.842. The van der Waals surface area contributed by atoms with Crippen molar-refractivity contribution in [3.05, 3.63) is 60.4 Å². The molecule has 3 rings (SSSR count). The summed E-state index contributed by atoms with van der Waals surface area (Å²) in [5.41, 5.74) is 2.60. The second kappa shape index (κ2) is 3.97. The van der Waals surface area contributed by atoms with Crippen LogP contribution in [0.1, 0.15) is 17.9 Å². The fraction of sp³-hybridized carbons (Fsp3) is 0.214. The van der Waals surface area contributed by atoms with Crippen molar-refractivity contribution in [2.45, 2.75) is 18.4 Å². The molecule has 1 aromatic carbocycles. The minimum absolute atomic E-state index is 0.588. The van der Waals surface area contributed by atoms with Crippen LogP contribution in [0.4, 0.5) is 5.69 Å². The average Bonchev–Trinajstić information content (AvgIpc) is 3.11. The molecule has 1 N–H and O–H groups in total. The van der Waals surface area contributed by atoms with E-state index >= 15 is 0 Å². The molecule has 2 heteroatoms. The van der Waals surface area contributed by atoms with Crippen LogP contribution < -0.4 is 5.32 Å². The molecule has 80 valence electrons. The summed E-state index contributed by atoms with van der Waals surface area (Å²) >= 11 is 0. The first-order valence-corrected chi connectivity index (χ1v) is 5.65. The molecule has 1 saturated carbocycles. The van der Waals surface area contributed by atoms with Crippen molar-refractivity contribution >= 4 is 5.69 Å². The van der Waals surface area contributed by atoms with E-state index in [9.17, 15) is 0 Å². The number of nitrogens with zero attached hydrogens (tertiary/aromatic N) is 1. The third kappa shape index (κ3) is 1.91. The molecule has 2 nitrogen and oxygen atoms in total. The maximum Gasteiger partial charge on any atom is 0.0373 e. The van der Waals surface area contributed by atoms with Gasteiger partial charge in [0.1, 0.15) is 0 Å². The van der Waals surface area contributed by atoms with Gasteiger partial charge in [0.15, 0.2) is 0 Å². The second-order valence-electron chi connectivity index (χ2n) is 4.24. The van der Waals surface area contributed by atoms with Gasteiger partial charge in [-0.2, -0.15) is 0 Å². The number of aromatic nitrogens is 1. The highest BCUT2D eigenvalue weighted by Crippen LogP contribution is 2.42. The average molecular weight is 210 g/mol. The SMILES string of the molecule is c1ccc(C2CC2Nc2ccncc2)cc1. The highest BCUT2D eigenvalue weighted by atomic mass is 15.0. The van der Waals surface area contributed by atoms with Gasteiger partial charge in [0.2, 0.25) is 0 Å². The number of benzene rings is 1. The van der Waals surface area contributed by atoms with Gasteiger partial charge in [0.05, 0.1) is 0 Å². The Morgan fingerprint density at radius 1 is 1.00 bits per heavy atom. The van der Waals surface area contributed by atoms with Gasteiger partial charge in [-0.15, -0.1) is 0 Å². The van der Waals surface area contributed by atoms with Gasteiger partial charge < -0.3 is 5.32 Å². The molecular weight excluding hydrogens is 196 g/mol. The van der Waals surface area contributed by atoms with E-state index in [4.69, 9.17) is 0 Å². The third-order valence-corrected chi connectivity index (χ3v) is 3.05. The summed E-state index contributed by atoms with van der Waals surface area (Å²) in [6.45, 7) is 0. The molecule has 1 fully saturated rings. The Hall–Kier alpha value is -1.83. The summed E-state index contributed by atoms with van der Waals surface area (Å²) in [5, 5.41) is 3.52. The van der Waals surface area contributed by atoms with Crippen LogP contribution in [0.5, 0.6) is 0 Å². The lowest BCUT2D eigenvalue weighted by atomic mass is 10.1. The normalized spacial score (nSPS) is 22.8. The number of hydrogen-bond acceptors (Lipinski definition) is 2. The molecular formula is C14H14N2. The van der Waals surface area contributed by atoms with E-state index in [0.717, 1.165) is 0 Å². The van der Waals surface area contributed by atoms with Crippen molar-refractivity contribution in [2.75, 3.05) is 5.32 Å². The minimum Gasteiger partial charge on any atom is -0.382 e. The molecule has 16 heavy (non-hydrogen) atoms. The van der Waals surface area contributed by atoms with Crippen molar-refractivity contribution in [1.82, 2.24) is 4.98 Å². The first kappa shape index (κ1) is 9.40. The van der Waals surface area contributed by atoms with E-state index in [2.05, 4.69) is 40.6 Å². The zero-order valence-electron chi connectivity index (χ0n) is 9.01. The van der Waals surface area contributed by atoms with E-state index in [1.54, 1.807) is 0 Å². The first-order chi connectivity index (χ1) is 7.93. The number of hydrogen-bond donors (Lipinski definition) is 1. The molecule has 0 bridgehead atoms. The molecule has 0 aliphatic heterocycles. The summed E-state index contributed by atoms with van der Waals surface area (Å²) in [6, 6.07) is 15.3. The van der Waals surface area contributed by atoms with E-state index in [1.807, 2.05) is 24.5 Å². The smallest absolute Gasteiger partial charge is 0.0373 e. The van der Waals surface area contributed by atoms with Gasteiger partial charge in [-0.1, -0.05) is 30.3 Å². The van der Waals surface area contributed by atoms with Crippen molar-refractivity contribution in [1.29, 1.82) is 0 Å². The Labute approximate surface area is 95.3 Å². The highest BCUT2D eigenvalue weighted by molar-refractivity contribution is 5.46. The van der Waals surface area contributed by atoms with Crippen molar-refractivity contribution in [3.8, 4) is 0 Å². The molecule has 2 unspecified atom stereocenters. The maximum atomic E-state index is 4.01. The largest absolute Gasteiger partial charge is 0.382 e. The monoisotopic (exact) mass is 210 g/mol. The fourth-order valence-corrected chi connectivity index (χ4v) is 2.09. The minimum atomic E-state index is 0.588. The number of pyridine rings is 1. The lowest BCUT2D eigenvalue weighted by molar-refractivity contribution is 1.04. The Bertz CT molecular complexity index is 453. The summed E-state index contributed by atoms with van der Waals surface area (Å²) in [7, 11) is 0. The van der Waals surface area contributed by atoms with Gasteiger partial charge in [0, 0.05) is 30.0 Å². The molecule has 0 spiro atoms. The Morgan fingerprint density at radius 2 is 1.75 bits per heavy atom. The molecule has 1 heterocycles. The molecule has 1 aliphatic rings. The Morgan fingerprint density at radius 3 is 2.50 bits per heavy atom. The van der Waals surface area contributed by atoms with Gasteiger partial charge in [-0.05, 0) is 24.1 Å². The van der Waals surface area contributed by atoms with E-state index in [1.165, 1.54) is 17.7 Å². The fourth-order valence-electron chi connectivity index (χ4n) is 2.09. The molecule has 1 aromatic heterocycles. The molecule has 2 aromatic rings. The van der Waals surface area contributed by atoms with Crippen LogP contribution >= 0.6 is 0 Å². The van der Waals surface area contributed by atoms with Gasteiger partial charge >= 0.3 is 0 Å². The standard InChI is InChI=1S/C14H14N2/c1-2-4-11(5-3-1)13-10-14(13)16-12-6-8-15-9-7-12/h1-9,13-14H,10H2,(H,15,16). The highest BCUT2D eigenvalue weighted by Gasteiger charge is 2.37. The van der Waals surface area contributed by atoms with Gasteiger partial charge in [-0.3, -0.25) is 4.98 Å². The molecule has 0 amide bonds. The number of nitrogens with one attached hydrogen (secondary N) is 1. The topological polar surface area (TPSA) is 24.9 Å². The Kier molecular flexibility index (Phi) is 2.33. The van der Waals surface area contributed by atoms with E-state index in [-0.39, 0.29) is 0 Å². The summed E-state index contributed by atoms with van der Waals surface area (Å²) < 4.78 is 0. The summed E-state index contributed by atoms with van der Waals surface area (Å²) in [5.74, 6) is 0.675. The van der Waals surface area contributed by atoms with Crippen molar-refractivity contribution in [3.63, 3.8) is 0 Å². The second-order valence-corrected chi connectivity index (χ2v) is 4.24. The first-order valence-electron chi connectivity index (χ1n) is 5.65. The van der Waals surface area contributed by atoms with Crippen LogP contribution in [0.3, 0.4) is 0 Å². The van der Waals surface area contributed by atoms with E-state index < -0.39 is 0 Å².